The van der Waals surface area contributed by atoms with Crippen molar-refractivity contribution in [3.8, 4) is 5.75 Å². The number of amides is 1. The number of morpholine rings is 1. The summed E-state index contributed by atoms with van der Waals surface area (Å²) in [4.78, 5) is 21.4. The molecule has 1 aromatic carbocycles. The first-order valence-electron chi connectivity index (χ1n) is 11.8. The van der Waals surface area contributed by atoms with Gasteiger partial charge in [-0.15, -0.1) is 0 Å². The van der Waals surface area contributed by atoms with E-state index in [9.17, 15) is 9.18 Å². The van der Waals surface area contributed by atoms with Gasteiger partial charge < -0.3 is 19.7 Å². The number of aromatic nitrogens is 1. The van der Waals surface area contributed by atoms with Crippen LogP contribution in [-0.4, -0.2) is 79.3 Å². The maximum Gasteiger partial charge on any atom is 0.222 e. The molecule has 8 heteroatoms. The fourth-order valence-electron chi connectivity index (χ4n) is 4.60. The zero-order valence-electron chi connectivity index (χ0n) is 19.0. The summed E-state index contributed by atoms with van der Waals surface area (Å²) in [5.41, 5.74) is 1.20. The van der Waals surface area contributed by atoms with Gasteiger partial charge in [0.2, 0.25) is 5.91 Å². The summed E-state index contributed by atoms with van der Waals surface area (Å²) in [5.74, 6) is 0.638. The van der Waals surface area contributed by atoms with Gasteiger partial charge in [0.25, 0.3) is 0 Å². The van der Waals surface area contributed by atoms with E-state index in [0.29, 0.717) is 31.9 Å². The van der Waals surface area contributed by atoms with Crippen molar-refractivity contribution >= 4 is 5.91 Å². The first kappa shape index (κ1) is 23.6. The molecule has 2 aromatic rings. The summed E-state index contributed by atoms with van der Waals surface area (Å²) >= 11 is 0. The van der Waals surface area contributed by atoms with Crippen molar-refractivity contribution in [1.82, 2.24) is 20.1 Å². The molecule has 0 radical (unpaired) electrons. The van der Waals surface area contributed by atoms with Crippen molar-refractivity contribution in [3.05, 3.63) is 60.2 Å². The molecule has 0 aliphatic carbocycles. The van der Waals surface area contributed by atoms with Crippen molar-refractivity contribution in [2.24, 2.45) is 0 Å². The maximum absolute atomic E-state index is 13.0. The number of hydrogen-bond donors (Lipinski definition) is 1. The molecule has 4 rings (SSSR count). The Labute approximate surface area is 194 Å². The zero-order chi connectivity index (χ0) is 22.9. The average Bonchev–Trinajstić information content (AvgIpc) is 3.20. The van der Waals surface area contributed by atoms with E-state index in [4.69, 9.17) is 9.47 Å². The molecule has 178 valence electrons. The van der Waals surface area contributed by atoms with E-state index >= 15 is 0 Å². The molecule has 0 unspecified atom stereocenters. The lowest BCUT2D eigenvalue weighted by Crippen LogP contribution is -2.46. The fraction of sp³-hybridized carbons (Fsp3) is 0.520. The van der Waals surface area contributed by atoms with Crippen LogP contribution in [0, 0.1) is 5.82 Å². The molecular weight excluding hydrogens is 423 g/mol. The molecule has 2 atom stereocenters. The SMILES string of the molecule is O=C1CC[C@H](CCNCCOc2ccc(F)cc2)N1C[C@H](c1ccncc1)N1CCOCC1. The highest BCUT2D eigenvalue weighted by Gasteiger charge is 2.34. The summed E-state index contributed by atoms with van der Waals surface area (Å²) < 4.78 is 24.1. The molecule has 2 saturated heterocycles. The molecular formula is C25H33FN4O3. The Morgan fingerprint density at radius 1 is 1.12 bits per heavy atom. The number of halogens is 1. The summed E-state index contributed by atoms with van der Waals surface area (Å²) in [5, 5.41) is 3.41. The lowest BCUT2D eigenvalue weighted by atomic mass is 10.0. The Morgan fingerprint density at radius 2 is 1.88 bits per heavy atom. The largest absolute Gasteiger partial charge is 0.492 e. The molecule has 33 heavy (non-hydrogen) atoms. The van der Waals surface area contributed by atoms with Crippen molar-refractivity contribution in [2.75, 3.05) is 52.5 Å². The second-order valence-electron chi connectivity index (χ2n) is 8.52. The molecule has 2 fully saturated rings. The quantitative estimate of drug-likeness (QED) is 0.525. The van der Waals surface area contributed by atoms with Crippen LogP contribution < -0.4 is 10.1 Å². The van der Waals surface area contributed by atoms with Crippen molar-refractivity contribution in [2.45, 2.75) is 31.3 Å². The number of carbonyl (C=O) groups is 1. The van der Waals surface area contributed by atoms with Crippen molar-refractivity contribution in [3.63, 3.8) is 0 Å². The van der Waals surface area contributed by atoms with Crippen LogP contribution in [0.15, 0.2) is 48.8 Å². The molecule has 2 aliphatic rings. The molecule has 0 saturated carbocycles. The third-order valence-corrected chi connectivity index (χ3v) is 6.42. The van der Waals surface area contributed by atoms with Gasteiger partial charge in [0.15, 0.2) is 0 Å². The van der Waals surface area contributed by atoms with Crippen LogP contribution in [0.25, 0.3) is 0 Å². The number of rotatable bonds is 11. The van der Waals surface area contributed by atoms with Gasteiger partial charge in [-0.2, -0.15) is 0 Å². The van der Waals surface area contributed by atoms with Gasteiger partial charge in [-0.3, -0.25) is 14.7 Å². The monoisotopic (exact) mass is 456 g/mol. The average molecular weight is 457 g/mol. The number of nitrogens with one attached hydrogen (secondary N) is 1. The highest BCUT2D eigenvalue weighted by molar-refractivity contribution is 5.78. The summed E-state index contributed by atoms with van der Waals surface area (Å²) in [6.45, 7) is 5.92. The number of benzene rings is 1. The van der Waals surface area contributed by atoms with E-state index in [2.05, 4.69) is 32.2 Å². The second kappa shape index (κ2) is 12.1. The molecule has 0 bridgehead atoms. The van der Waals surface area contributed by atoms with Crippen LogP contribution in [0.2, 0.25) is 0 Å². The van der Waals surface area contributed by atoms with E-state index in [-0.39, 0.29) is 23.8 Å². The van der Waals surface area contributed by atoms with Crippen LogP contribution in [-0.2, 0) is 9.53 Å². The van der Waals surface area contributed by atoms with E-state index in [1.54, 1.807) is 12.1 Å². The maximum atomic E-state index is 13.0. The highest BCUT2D eigenvalue weighted by atomic mass is 19.1. The van der Waals surface area contributed by atoms with Crippen molar-refractivity contribution in [1.29, 1.82) is 0 Å². The fourth-order valence-corrected chi connectivity index (χ4v) is 4.60. The zero-order valence-corrected chi connectivity index (χ0v) is 19.0. The number of likely N-dealkylation sites (tertiary alicyclic amines) is 1. The van der Waals surface area contributed by atoms with E-state index in [1.807, 2.05) is 12.4 Å². The highest BCUT2D eigenvalue weighted by Crippen LogP contribution is 2.28. The smallest absolute Gasteiger partial charge is 0.222 e. The molecule has 7 nitrogen and oxygen atoms in total. The minimum atomic E-state index is -0.268. The lowest BCUT2D eigenvalue weighted by molar-refractivity contribution is -0.130. The minimum absolute atomic E-state index is 0.151. The van der Waals surface area contributed by atoms with Gasteiger partial charge in [-0.05, 0) is 61.3 Å². The number of hydrogen-bond acceptors (Lipinski definition) is 6. The summed E-state index contributed by atoms with van der Waals surface area (Å²) in [7, 11) is 0. The third kappa shape index (κ3) is 6.72. The summed E-state index contributed by atoms with van der Waals surface area (Å²) in [6, 6.07) is 10.6. The van der Waals surface area contributed by atoms with Gasteiger partial charge in [-0.1, -0.05) is 0 Å². The Kier molecular flexibility index (Phi) is 8.63. The Balaban J connectivity index is 1.27. The van der Waals surface area contributed by atoms with Crippen LogP contribution in [0.1, 0.15) is 30.9 Å². The van der Waals surface area contributed by atoms with Gasteiger partial charge in [0, 0.05) is 51.0 Å². The van der Waals surface area contributed by atoms with E-state index < -0.39 is 0 Å². The van der Waals surface area contributed by atoms with Crippen LogP contribution in [0.4, 0.5) is 4.39 Å². The molecule has 1 amide bonds. The molecule has 1 N–H and O–H groups in total. The Morgan fingerprint density at radius 3 is 2.64 bits per heavy atom. The van der Waals surface area contributed by atoms with E-state index in [0.717, 1.165) is 45.7 Å². The van der Waals surface area contributed by atoms with Gasteiger partial charge in [0.1, 0.15) is 18.2 Å². The van der Waals surface area contributed by atoms with Crippen LogP contribution in [0.5, 0.6) is 5.75 Å². The first-order chi connectivity index (χ1) is 16.2. The minimum Gasteiger partial charge on any atom is -0.492 e. The van der Waals surface area contributed by atoms with Gasteiger partial charge in [0.05, 0.1) is 19.3 Å². The van der Waals surface area contributed by atoms with Crippen molar-refractivity contribution < 1.29 is 18.7 Å². The second-order valence-corrected chi connectivity index (χ2v) is 8.52. The topological polar surface area (TPSA) is 66.9 Å². The normalized spacial score (nSPS) is 20.2. The predicted octanol–water partition coefficient (Wildman–Crippen LogP) is 2.64. The Hall–Kier alpha value is -2.55. The molecule has 1 aromatic heterocycles. The van der Waals surface area contributed by atoms with Gasteiger partial charge >= 0.3 is 0 Å². The van der Waals surface area contributed by atoms with E-state index in [1.165, 1.54) is 17.7 Å². The third-order valence-electron chi connectivity index (χ3n) is 6.42. The predicted molar refractivity (Wildman–Crippen MR) is 123 cm³/mol. The number of nitrogens with zero attached hydrogens (tertiary/aromatic N) is 3. The number of ether oxygens (including phenoxy) is 2. The first-order valence-corrected chi connectivity index (χ1v) is 11.8. The molecule has 0 spiro atoms. The van der Waals surface area contributed by atoms with Crippen LogP contribution in [0.3, 0.4) is 0 Å². The standard InChI is InChI=1S/C25H33FN4O3/c26-21-1-4-23(5-2-21)33-16-13-28-12-9-22-3-6-25(31)30(22)19-24(20-7-10-27-11-8-20)29-14-17-32-18-15-29/h1-2,4-5,7-8,10-11,22,24,28H,3,6,9,12-19H2/t22-,24-/m1/s1. The molecule has 2 aliphatic heterocycles. The van der Waals surface area contributed by atoms with Crippen LogP contribution >= 0.6 is 0 Å². The number of pyridine rings is 1. The molecule has 3 heterocycles. The van der Waals surface area contributed by atoms with Gasteiger partial charge in [-0.25, -0.2) is 4.39 Å². The Bertz CT molecular complexity index is 862. The summed E-state index contributed by atoms with van der Waals surface area (Å²) in [6.07, 6.45) is 6.08. The lowest BCUT2D eigenvalue weighted by Gasteiger charge is -2.38. The number of carbonyl (C=O) groups excluding carboxylic acids is 1.